The highest BCUT2D eigenvalue weighted by atomic mass is 33.1. The Kier molecular flexibility index (Phi) is 4.29. The van der Waals surface area contributed by atoms with Gasteiger partial charge in [-0.1, -0.05) is 47.3 Å². The fraction of sp³-hybridized carbons (Fsp3) is 1.00. The van der Waals surface area contributed by atoms with Gasteiger partial charge in [0.05, 0.1) is 6.10 Å². The van der Waals surface area contributed by atoms with Crippen molar-refractivity contribution in [3.8, 4) is 0 Å². The van der Waals surface area contributed by atoms with E-state index in [4.69, 9.17) is 4.74 Å². The van der Waals surface area contributed by atoms with Gasteiger partial charge in [-0.2, -0.15) is 0 Å². The van der Waals surface area contributed by atoms with E-state index in [1.54, 1.807) is 0 Å². The van der Waals surface area contributed by atoms with Crippen molar-refractivity contribution < 1.29 is 4.74 Å². The molecule has 1 aliphatic heterocycles. The average Bonchev–Trinajstić information content (AvgIpc) is 2.55. The highest BCUT2D eigenvalue weighted by Gasteiger charge is 2.44. The van der Waals surface area contributed by atoms with Crippen LogP contribution in [-0.4, -0.2) is 23.7 Å². The molecule has 3 aliphatic rings. The molecule has 98 valence electrons. The molecule has 17 heavy (non-hydrogen) atoms. The van der Waals surface area contributed by atoms with Gasteiger partial charge >= 0.3 is 0 Å². The van der Waals surface area contributed by atoms with Crippen LogP contribution in [0, 0.1) is 11.8 Å². The second kappa shape index (κ2) is 5.75. The zero-order valence-electron chi connectivity index (χ0n) is 10.8. The standard InChI is InChI=1S/C14H24OS2/c1-15-14-10-6-2-4-8-12(10)16-17-13-9-5-3-7-11(13)14/h10-14H,2-9H2,1H3. The molecular weight excluding hydrogens is 248 g/mol. The van der Waals surface area contributed by atoms with Crippen LogP contribution in [0.2, 0.25) is 0 Å². The number of hydrogen-bond acceptors (Lipinski definition) is 3. The number of methoxy groups -OCH3 is 1. The summed E-state index contributed by atoms with van der Waals surface area (Å²) in [5, 5.41) is 1.76. The first-order valence-electron chi connectivity index (χ1n) is 7.25. The van der Waals surface area contributed by atoms with Gasteiger partial charge in [-0.3, -0.25) is 0 Å². The summed E-state index contributed by atoms with van der Waals surface area (Å²) in [6.07, 6.45) is 12.0. The van der Waals surface area contributed by atoms with Crippen LogP contribution in [0.1, 0.15) is 51.4 Å². The fourth-order valence-corrected chi connectivity index (χ4v) is 8.02. The minimum atomic E-state index is 0.563. The maximum Gasteiger partial charge on any atom is 0.0649 e. The number of ether oxygens (including phenoxy) is 1. The molecule has 0 aromatic heterocycles. The third-order valence-corrected chi connectivity index (χ3v) is 8.52. The number of hydrogen-bond donors (Lipinski definition) is 0. The van der Waals surface area contributed by atoms with Crippen molar-refractivity contribution >= 4 is 21.6 Å². The topological polar surface area (TPSA) is 9.23 Å². The van der Waals surface area contributed by atoms with Gasteiger partial charge in [0.1, 0.15) is 0 Å². The summed E-state index contributed by atoms with van der Waals surface area (Å²) in [5.41, 5.74) is 0. The molecule has 2 saturated carbocycles. The summed E-state index contributed by atoms with van der Waals surface area (Å²) in [4.78, 5) is 0. The normalized spacial score (nSPS) is 46.8. The van der Waals surface area contributed by atoms with Crippen LogP contribution in [0.15, 0.2) is 0 Å². The Morgan fingerprint density at radius 1 is 0.765 bits per heavy atom. The predicted octanol–water partition coefficient (Wildman–Crippen LogP) is 4.51. The molecule has 2 aliphatic carbocycles. The Balaban J connectivity index is 1.81. The van der Waals surface area contributed by atoms with Crippen molar-refractivity contribution in [3.05, 3.63) is 0 Å². The summed E-state index contributed by atoms with van der Waals surface area (Å²) in [7, 11) is 6.38. The van der Waals surface area contributed by atoms with Crippen LogP contribution >= 0.6 is 21.6 Å². The van der Waals surface area contributed by atoms with Gasteiger partial charge in [-0.15, -0.1) is 0 Å². The molecule has 0 amide bonds. The lowest BCUT2D eigenvalue weighted by Crippen LogP contribution is -2.41. The summed E-state index contributed by atoms with van der Waals surface area (Å²) in [5.74, 6) is 1.69. The van der Waals surface area contributed by atoms with Gasteiger partial charge in [0.2, 0.25) is 0 Å². The number of fused-ring (bicyclic) bond motifs is 2. The van der Waals surface area contributed by atoms with E-state index in [1.165, 1.54) is 51.4 Å². The smallest absolute Gasteiger partial charge is 0.0649 e. The third kappa shape index (κ3) is 2.52. The Labute approximate surface area is 113 Å². The first-order chi connectivity index (χ1) is 8.40. The van der Waals surface area contributed by atoms with E-state index < -0.39 is 0 Å². The zero-order valence-corrected chi connectivity index (χ0v) is 12.4. The molecule has 0 radical (unpaired) electrons. The maximum atomic E-state index is 5.98. The largest absolute Gasteiger partial charge is 0.381 e. The SMILES string of the molecule is COC1C2CCCCC2SSC2CCCCC21. The Morgan fingerprint density at radius 2 is 1.24 bits per heavy atom. The Morgan fingerprint density at radius 3 is 1.71 bits per heavy atom. The lowest BCUT2D eigenvalue weighted by atomic mass is 9.75. The molecule has 1 saturated heterocycles. The third-order valence-electron chi connectivity index (χ3n) is 4.93. The monoisotopic (exact) mass is 272 g/mol. The predicted molar refractivity (Wildman–Crippen MR) is 77.5 cm³/mol. The van der Waals surface area contributed by atoms with Crippen molar-refractivity contribution in [2.45, 2.75) is 68.0 Å². The van der Waals surface area contributed by atoms with Gasteiger partial charge in [0.15, 0.2) is 0 Å². The van der Waals surface area contributed by atoms with Crippen LogP contribution in [0.4, 0.5) is 0 Å². The van der Waals surface area contributed by atoms with Gasteiger partial charge in [-0.05, 0) is 37.5 Å². The molecule has 4 unspecified atom stereocenters. The molecule has 3 heteroatoms. The average molecular weight is 272 g/mol. The summed E-state index contributed by atoms with van der Waals surface area (Å²) in [6.45, 7) is 0. The van der Waals surface area contributed by atoms with E-state index in [0.29, 0.717) is 6.10 Å². The van der Waals surface area contributed by atoms with E-state index in [-0.39, 0.29) is 0 Å². The second-order valence-electron chi connectivity index (χ2n) is 5.87. The first-order valence-corrected chi connectivity index (χ1v) is 9.52. The molecule has 1 heterocycles. The number of rotatable bonds is 1. The van der Waals surface area contributed by atoms with Crippen LogP contribution < -0.4 is 0 Å². The van der Waals surface area contributed by atoms with Crippen molar-refractivity contribution in [2.75, 3.05) is 7.11 Å². The minimum Gasteiger partial charge on any atom is -0.381 e. The quantitative estimate of drug-likeness (QED) is 0.650. The molecule has 0 bridgehead atoms. The van der Waals surface area contributed by atoms with E-state index in [2.05, 4.69) is 21.6 Å². The van der Waals surface area contributed by atoms with E-state index in [1.807, 2.05) is 7.11 Å². The van der Waals surface area contributed by atoms with E-state index in [0.717, 1.165) is 22.3 Å². The van der Waals surface area contributed by atoms with Crippen LogP contribution in [0.25, 0.3) is 0 Å². The lowest BCUT2D eigenvalue weighted by Gasteiger charge is -2.39. The molecule has 3 rings (SSSR count). The molecule has 3 fully saturated rings. The van der Waals surface area contributed by atoms with Crippen LogP contribution in [0.3, 0.4) is 0 Å². The van der Waals surface area contributed by atoms with Crippen molar-refractivity contribution in [1.29, 1.82) is 0 Å². The lowest BCUT2D eigenvalue weighted by molar-refractivity contribution is -0.0124. The van der Waals surface area contributed by atoms with Crippen LogP contribution in [0.5, 0.6) is 0 Å². The Hall–Kier alpha value is 0.660. The molecule has 0 aromatic carbocycles. The fourth-order valence-electron chi connectivity index (χ4n) is 4.05. The van der Waals surface area contributed by atoms with E-state index >= 15 is 0 Å². The summed E-state index contributed by atoms with van der Waals surface area (Å²) < 4.78 is 5.98. The summed E-state index contributed by atoms with van der Waals surface area (Å²) in [6, 6.07) is 0. The van der Waals surface area contributed by atoms with Crippen molar-refractivity contribution in [3.63, 3.8) is 0 Å². The molecule has 0 aromatic rings. The van der Waals surface area contributed by atoms with Gasteiger partial charge in [0, 0.05) is 17.6 Å². The first kappa shape index (κ1) is 12.7. The van der Waals surface area contributed by atoms with Gasteiger partial charge in [0.25, 0.3) is 0 Å². The highest BCUT2D eigenvalue weighted by Crippen LogP contribution is 2.53. The maximum absolute atomic E-state index is 5.98. The molecule has 4 atom stereocenters. The van der Waals surface area contributed by atoms with Gasteiger partial charge < -0.3 is 4.74 Å². The van der Waals surface area contributed by atoms with E-state index in [9.17, 15) is 0 Å². The molecule has 0 spiro atoms. The van der Waals surface area contributed by atoms with Crippen molar-refractivity contribution in [2.24, 2.45) is 11.8 Å². The summed E-state index contributed by atoms with van der Waals surface area (Å²) >= 11 is 0. The molecule has 0 N–H and O–H groups in total. The van der Waals surface area contributed by atoms with Gasteiger partial charge in [-0.25, -0.2) is 0 Å². The zero-order chi connectivity index (χ0) is 11.7. The second-order valence-corrected chi connectivity index (χ2v) is 8.62. The van der Waals surface area contributed by atoms with Crippen molar-refractivity contribution in [1.82, 2.24) is 0 Å². The Bertz CT molecular complexity index is 235. The molecule has 1 nitrogen and oxygen atoms in total. The van der Waals surface area contributed by atoms with Crippen LogP contribution in [-0.2, 0) is 4.74 Å². The molecular formula is C14H24OS2. The minimum absolute atomic E-state index is 0.563. The highest BCUT2D eigenvalue weighted by molar-refractivity contribution is 8.77.